The van der Waals surface area contributed by atoms with E-state index in [9.17, 15) is 0 Å². The Morgan fingerprint density at radius 1 is 1.54 bits per heavy atom. The molecule has 1 aliphatic heterocycles. The van der Waals surface area contributed by atoms with Crippen molar-refractivity contribution in [2.75, 3.05) is 0 Å². The van der Waals surface area contributed by atoms with E-state index in [0.29, 0.717) is 5.02 Å². The summed E-state index contributed by atoms with van der Waals surface area (Å²) >= 11 is 5.84. The average molecular weight is 197 g/mol. The van der Waals surface area contributed by atoms with Gasteiger partial charge in [-0.1, -0.05) is 28.9 Å². The number of rotatable bonds is 1. The van der Waals surface area contributed by atoms with Crippen LogP contribution in [0.1, 0.15) is 18.7 Å². The first-order valence-electron chi connectivity index (χ1n) is 3.98. The van der Waals surface area contributed by atoms with Gasteiger partial charge in [0.25, 0.3) is 0 Å². The summed E-state index contributed by atoms with van der Waals surface area (Å²) in [6.07, 6.45) is -0.196. The third kappa shape index (κ3) is 1.75. The Bertz CT molecular complexity index is 351. The first-order chi connectivity index (χ1) is 6.25. The minimum atomic E-state index is -0.196. The molecular formula is C9H9ClN2O. The number of hydrogen-bond acceptors (Lipinski definition) is 3. The SMILES string of the molecule is CC1=NOC(c2cccc(Cl)c2)N1. The summed E-state index contributed by atoms with van der Waals surface area (Å²) < 4.78 is 0. The van der Waals surface area contributed by atoms with E-state index in [0.717, 1.165) is 11.4 Å². The Balaban J connectivity index is 2.18. The average Bonchev–Trinajstić information content (AvgIpc) is 2.52. The van der Waals surface area contributed by atoms with Gasteiger partial charge in [0.2, 0.25) is 6.23 Å². The Morgan fingerprint density at radius 2 is 2.38 bits per heavy atom. The summed E-state index contributed by atoms with van der Waals surface area (Å²) in [7, 11) is 0. The molecular weight excluding hydrogens is 188 g/mol. The fourth-order valence-corrected chi connectivity index (χ4v) is 1.39. The number of benzene rings is 1. The number of oxime groups is 1. The van der Waals surface area contributed by atoms with Crippen LogP contribution in [0.3, 0.4) is 0 Å². The standard InChI is InChI=1S/C9H9ClN2O/c1-6-11-9(13-12-6)7-3-2-4-8(10)5-7/h2-5,9H,1H3,(H,11,12). The van der Waals surface area contributed by atoms with Crippen molar-refractivity contribution in [3.05, 3.63) is 34.9 Å². The van der Waals surface area contributed by atoms with Crippen LogP contribution in [0.15, 0.2) is 29.4 Å². The van der Waals surface area contributed by atoms with Crippen molar-refractivity contribution in [1.82, 2.24) is 5.32 Å². The number of nitrogens with zero attached hydrogens (tertiary/aromatic N) is 1. The van der Waals surface area contributed by atoms with Crippen molar-refractivity contribution < 1.29 is 4.84 Å². The molecule has 1 atom stereocenters. The van der Waals surface area contributed by atoms with Crippen LogP contribution in [0.4, 0.5) is 0 Å². The minimum absolute atomic E-state index is 0.196. The molecule has 0 aromatic heterocycles. The van der Waals surface area contributed by atoms with Crippen molar-refractivity contribution in [2.45, 2.75) is 13.2 Å². The molecule has 1 heterocycles. The summed E-state index contributed by atoms with van der Waals surface area (Å²) in [6.45, 7) is 1.85. The second-order valence-electron chi connectivity index (χ2n) is 2.86. The Hall–Kier alpha value is -1.22. The zero-order valence-corrected chi connectivity index (χ0v) is 7.88. The quantitative estimate of drug-likeness (QED) is 0.748. The summed E-state index contributed by atoms with van der Waals surface area (Å²) in [4.78, 5) is 5.12. The van der Waals surface area contributed by atoms with Crippen LogP contribution in [-0.4, -0.2) is 5.84 Å². The third-order valence-corrected chi connectivity index (χ3v) is 2.02. The van der Waals surface area contributed by atoms with Gasteiger partial charge in [0.1, 0.15) is 5.84 Å². The van der Waals surface area contributed by atoms with Gasteiger partial charge in [-0.05, 0) is 19.1 Å². The fourth-order valence-electron chi connectivity index (χ4n) is 1.19. The fraction of sp³-hybridized carbons (Fsp3) is 0.222. The number of hydrogen-bond donors (Lipinski definition) is 1. The third-order valence-electron chi connectivity index (χ3n) is 1.79. The van der Waals surface area contributed by atoms with E-state index in [-0.39, 0.29) is 6.23 Å². The highest BCUT2D eigenvalue weighted by Crippen LogP contribution is 2.21. The van der Waals surface area contributed by atoms with Gasteiger partial charge in [0.15, 0.2) is 0 Å². The van der Waals surface area contributed by atoms with Crippen LogP contribution in [0.25, 0.3) is 0 Å². The van der Waals surface area contributed by atoms with E-state index in [1.807, 2.05) is 31.2 Å². The normalized spacial score (nSPS) is 20.5. The molecule has 1 aromatic rings. The topological polar surface area (TPSA) is 33.6 Å². The molecule has 13 heavy (non-hydrogen) atoms. The van der Waals surface area contributed by atoms with Gasteiger partial charge in [0.05, 0.1) is 0 Å². The van der Waals surface area contributed by atoms with Crippen LogP contribution in [0, 0.1) is 0 Å². The summed E-state index contributed by atoms with van der Waals surface area (Å²) in [5, 5.41) is 7.55. The van der Waals surface area contributed by atoms with Gasteiger partial charge in [-0.15, -0.1) is 0 Å². The molecule has 1 N–H and O–H groups in total. The van der Waals surface area contributed by atoms with Gasteiger partial charge in [0, 0.05) is 10.6 Å². The largest absolute Gasteiger partial charge is 0.364 e. The molecule has 68 valence electrons. The van der Waals surface area contributed by atoms with E-state index < -0.39 is 0 Å². The van der Waals surface area contributed by atoms with Crippen LogP contribution >= 0.6 is 11.6 Å². The first kappa shape index (κ1) is 8.38. The van der Waals surface area contributed by atoms with Gasteiger partial charge in [-0.3, -0.25) is 0 Å². The minimum Gasteiger partial charge on any atom is -0.364 e. The molecule has 3 nitrogen and oxygen atoms in total. The predicted octanol–water partition coefficient (Wildman–Crippen LogP) is 2.29. The van der Waals surface area contributed by atoms with Crippen LogP contribution in [-0.2, 0) is 4.84 Å². The molecule has 1 unspecified atom stereocenters. The summed E-state index contributed by atoms with van der Waals surface area (Å²) in [5.74, 6) is 0.782. The lowest BCUT2D eigenvalue weighted by Crippen LogP contribution is -2.19. The van der Waals surface area contributed by atoms with Crippen molar-refractivity contribution in [3.8, 4) is 0 Å². The molecule has 0 spiro atoms. The second-order valence-corrected chi connectivity index (χ2v) is 3.30. The predicted molar refractivity (Wildman–Crippen MR) is 51.5 cm³/mol. The lowest BCUT2D eigenvalue weighted by atomic mass is 10.2. The van der Waals surface area contributed by atoms with Gasteiger partial charge in [-0.25, -0.2) is 0 Å². The Labute approximate surface area is 81.3 Å². The molecule has 1 aliphatic rings. The van der Waals surface area contributed by atoms with E-state index >= 15 is 0 Å². The number of halogens is 1. The van der Waals surface area contributed by atoms with E-state index in [4.69, 9.17) is 16.4 Å². The second kappa shape index (κ2) is 3.26. The zero-order chi connectivity index (χ0) is 9.26. The molecule has 1 aromatic carbocycles. The van der Waals surface area contributed by atoms with Gasteiger partial charge >= 0.3 is 0 Å². The Kier molecular flexibility index (Phi) is 2.10. The van der Waals surface area contributed by atoms with Crippen LogP contribution in [0.2, 0.25) is 5.02 Å². The maximum Gasteiger partial charge on any atom is 0.224 e. The smallest absolute Gasteiger partial charge is 0.224 e. The molecule has 0 fully saturated rings. The van der Waals surface area contributed by atoms with Crippen molar-refractivity contribution >= 4 is 17.4 Å². The highest BCUT2D eigenvalue weighted by Gasteiger charge is 2.18. The lowest BCUT2D eigenvalue weighted by molar-refractivity contribution is 0.0729. The number of nitrogens with one attached hydrogen (secondary N) is 1. The van der Waals surface area contributed by atoms with E-state index in [2.05, 4.69) is 10.5 Å². The molecule has 0 aliphatic carbocycles. The monoisotopic (exact) mass is 196 g/mol. The maximum absolute atomic E-state index is 5.84. The molecule has 4 heteroatoms. The summed E-state index contributed by atoms with van der Waals surface area (Å²) in [5.41, 5.74) is 0.980. The highest BCUT2D eigenvalue weighted by atomic mass is 35.5. The van der Waals surface area contributed by atoms with Crippen LogP contribution in [0.5, 0.6) is 0 Å². The summed E-state index contributed by atoms with van der Waals surface area (Å²) in [6, 6.07) is 7.51. The highest BCUT2D eigenvalue weighted by molar-refractivity contribution is 6.30. The molecule has 0 amide bonds. The van der Waals surface area contributed by atoms with Gasteiger partial charge < -0.3 is 10.2 Å². The molecule has 0 radical (unpaired) electrons. The lowest BCUT2D eigenvalue weighted by Gasteiger charge is -2.09. The first-order valence-corrected chi connectivity index (χ1v) is 4.36. The van der Waals surface area contributed by atoms with E-state index in [1.165, 1.54) is 0 Å². The Morgan fingerprint density at radius 3 is 3.00 bits per heavy atom. The zero-order valence-electron chi connectivity index (χ0n) is 7.12. The van der Waals surface area contributed by atoms with E-state index in [1.54, 1.807) is 0 Å². The van der Waals surface area contributed by atoms with Crippen molar-refractivity contribution in [2.24, 2.45) is 5.16 Å². The molecule has 0 saturated carbocycles. The maximum atomic E-state index is 5.84. The van der Waals surface area contributed by atoms with Crippen molar-refractivity contribution in [3.63, 3.8) is 0 Å². The van der Waals surface area contributed by atoms with Crippen molar-refractivity contribution in [1.29, 1.82) is 0 Å². The molecule has 0 bridgehead atoms. The number of amidine groups is 1. The molecule has 0 saturated heterocycles. The molecule has 2 rings (SSSR count). The van der Waals surface area contributed by atoms with Crippen LogP contribution < -0.4 is 5.32 Å². The van der Waals surface area contributed by atoms with Gasteiger partial charge in [-0.2, -0.15) is 0 Å².